The smallest absolute Gasteiger partial charge is 0.258 e. The van der Waals surface area contributed by atoms with Gasteiger partial charge in [-0.15, -0.1) is 0 Å². The Balaban J connectivity index is 1.87. The number of amides is 1. The molecule has 0 atom stereocenters. The van der Waals surface area contributed by atoms with Gasteiger partial charge in [0.2, 0.25) is 0 Å². The first-order chi connectivity index (χ1) is 11.1. The summed E-state index contributed by atoms with van der Waals surface area (Å²) in [6, 6.07) is 3.93. The average molecular weight is 321 g/mol. The molecule has 0 saturated heterocycles. The van der Waals surface area contributed by atoms with Crippen molar-refractivity contribution >= 4 is 11.7 Å². The van der Waals surface area contributed by atoms with Gasteiger partial charge in [0.05, 0.1) is 5.56 Å². The highest BCUT2D eigenvalue weighted by atomic mass is 19.1. The van der Waals surface area contributed by atoms with Crippen LogP contribution in [0.5, 0.6) is 5.75 Å². The number of Topliss-reactive ketones (excluding diaryl/α,β-unsaturated/α-hetero) is 1. The van der Waals surface area contributed by atoms with E-state index in [4.69, 9.17) is 4.74 Å². The van der Waals surface area contributed by atoms with E-state index in [1.54, 1.807) is 0 Å². The highest BCUT2D eigenvalue weighted by molar-refractivity contribution is 5.96. The van der Waals surface area contributed by atoms with Gasteiger partial charge in [0, 0.05) is 6.04 Å². The number of benzene rings is 1. The first-order valence-electron chi connectivity index (χ1n) is 8.29. The van der Waals surface area contributed by atoms with Crippen LogP contribution >= 0.6 is 0 Å². The molecule has 1 aliphatic rings. The van der Waals surface area contributed by atoms with E-state index in [1.165, 1.54) is 38.3 Å². The molecular formula is C18H24FNO3. The van der Waals surface area contributed by atoms with Gasteiger partial charge in [-0.25, -0.2) is 4.39 Å². The molecule has 1 aromatic rings. The summed E-state index contributed by atoms with van der Waals surface area (Å²) >= 11 is 0. The number of hydrogen-bond acceptors (Lipinski definition) is 3. The molecule has 0 aromatic heterocycles. The minimum Gasteiger partial charge on any atom is -0.483 e. The summed E-state index contributed by atoms with van der Waals surface area (Å²) in [4.78, 5) is 23.5. The van der Waals surface area contributed by atoms with Gasteiger partial charge in [-0.05, 0) is 38.0 Å². The van der Waals surface area contributed by atoms with Crippen molar-refractivity contribution in [3.8, 4) is 5.75 Å². The first kappa shape index (κ1) is 17.4. The molecule has 1 fully saturated rings. The molecule has 0 bridgehead atoms. The largest absolute Gasteiger partial charge is 0.483 e. The van der Waals surface area contributed by atoms with Gasteiger partial charge in [0.15, 0.2) is 12.4 Å². The van der Waals surface area contributed by atoms with Crippen LogP contribution in [0.15, 0.2) is 18.2 Å². The SMILES string of the molecule is CC(=O)c1cc(F)ccc1OCC(=O)NC1CCCCCCC1. The molecule has 5 heteroatoms. The molecule has 2 rings (SSSR count). The highest BCUT2D eigenvalue weighted by Crippen LogP contribution is 2.20. The van der Waals surface area contributed by atoms with Gasteiger partial charge in [-0.2, -0.15) is 0 Å². The predicted molar refractivity (Wildman–Crippen MR) is 86.1 cm³/mol. The third-order valence-electron chi connectivity index (χ3n) is 4.15. The average Bonchev–Trinajstić information content (AvgIpc) is 2.48. The van der Waals surface area contributed by atoms with Crippen LogP contribution in [0.2, 0.25) is 0 Å². The number of carbonyl (C=O) groups excluding carboxylic acids is 2. The monoisotopic (exact) mass is 321 g/mol. The van der Waals surface area contributed by atoms with Gasteiger partial charge in [-0.1, -0.05) is 32.1 Å². The molecule has 126 valence electrons. The third kappa shape index (κ3) is 5.66. The number of nitrogens with one attached hydrogen (secondary N) is 1. The summed E-state index contributed by atoms with van der Waals surface area (Å²) in [7, 11) is 0. The van der Waals surface area contributed by atoms with Gasteiger partial charge < -0.3 is 10.1 Å². The van der Waals surface area contributed by atoms with Crippen LogP contribution in [-0.2, 0) is 4.79 Å². The zero-order valence-corrected chi connectivity index (χ0v) is 13.6. The second kappa shape index (κ2) is 8.65. The Bertz CT molecular complexity index is 551. The summed E-state index contributed by atoms with van der Waals surface area (Å²) in [5.74, 6) is -0.748. The van der Waals surface area contributed by atoms with Crippen LogP contribution in [-0.4, -0.2) is 24.3 Å². The molecule has 0 aliphatic heterocycles. The van der Waals surface area contributed by atoms with Crippen molar-refractivity contribution in [3.05, 3.63) is 29.6 Å². The Hall–Kier alpha value is -1.91. The van der Waals surface area contributed by atoms with E-state index in [9.17, 15) is 14.0 Å². The molecule has 0 heterocycles. The number of hydrogen-bond donors (Lipinski definition) is 1. The zero-order chi connectivity index (χ0) is 16.7. The number of ketones is 1. The highest BCUT2D eigenvalue weighted by Gasteiger charge is 2.16. The van der Waals surface area contributed by atoms with E-state index in [1.807, 2.05) is 0 Å². The standard InChI is InChI=1S/C18H24FNO3/c1-13(21)16-11-14(19)9-10-17(16)23-12-18(22)20-15-7-5-3-2-4-6-8-15/h9-11,15H,2-8,12H2,1H3,(H,20,22). The second-order valence-corrected chi connectivity index (χ2v) is 6.09. The van der Waals surface area contributed by atoms with Crippen LogP contribution in [0.3, 0.4) is 0 Å². The lowest BCUT2D eigenvalue weighted by atomic mass is 9.97. The normalized spacial score (nSPS) is 16.3. The molecular weight excluding hydrogens is 297 g/mol. The maximum atomic E-state index is 13.2. The van der Waals surface area contributed by atoms with Crippen LogP contribution in [0.25, 0.3) is 0 Å². The van der Waals surface area contributed by atoms with E-state index in [2.05, 4.69) is 5.32 Å². The van der Waals surface area contributed by atoms with Gasteiger partial charge >= 0.3 is 0 Å². The Morgan fingerprint density at radius 1 is 1.17 bits per heavy atom. The summed E-state index contributed by atoms with van der Waals surface area (Å²) in [5, 5.41) is 2.99. The minimum absolute atomic E-state index is 0.156. The topological polar surface area (TPSA) is 55.4 Å². The van der Waals surface area contributed by atoms with E-state index >= 15 is 0 Å². The molecule has 23 heavy (non-hydrogen) atoms. The maximum absolute atomic E-state index is 13.2. The molecule has 1 saturated carbocycles. The summed E-state index contributed by atoms with van der Waals surface area (Å²) in [6.07, 6.45) is 8.00. The van der Waals surface area contributed by atoms with Crippen LogP contribution in [0, 0.1) is 5.82 Å². The fourth-order valence-electron chi connectivity index (χ4n) is 2.92. The fraction of sp³-hybridized carbons (Fsp3) is 0.556. The van der Waals surface area contributed by atoms with Gasteiger partial charge in [0.25, 0.3) is 5.91 Å². The van der Waals surface area contributed by atoms with Gasteiger partial charge in [-0.3, -0.25) is 9.59 Å². The van der Waals surface area contributed by atoms with Crippen LogP contribution in [0.1, 0.15) is 62.2 Å². The lowest BCUT2D eigenvalue weighted by Crippen LogP contribution is -2.38. The van der Waals surface area contributed by atoms with Gasteiger partial charge in [0.1, 0.15) is 11.6 Å². The van der Waals surface area contributed by atoms with E-state index in [0.717, 1.165) is 31.7 Å². The summed E-state index contributed by atoms with van der Waals surface area (Å²) < 4.78 is 18.6. The van der Waals surface area contributed by atoms with Crippen molar-refractivity contribution in [2.75, 3.05) is 6.61 Å². The minimum atomic E-state index is -0.499. The molecule has 1 amide bonds. The van der Waals surface area contributed by atoms with Crippen molar-refractivity contribution < 1.29 is 18.7 Å². The number of carbonyl (C=O) groups is 2. The number of ether oxygens (including phenoxy) is 1. The molecule has 0 radical (unpaired) electrons. The first-order valence-corrected chi connectivity index (χ1v) is 8.29. The van der Waals surface area contributed by atoms with Crippen molar-refractivity contribution in [2.24, 2.45) is 0 Å². The molecule has 4 nitrogen and oxygen atoms in total. The van der Waals surface area contributed by atoms with Crippen molar-refractivity contribution in [1.29, 1.82) is 0 Å². The van der Waals surface area contributed by atoms with Crippen molar-refractivity contribution in [1.82, 2.24) is 5.32 Å². The Kier molecular flexibility index (Phi) is 6.56. The zero-order valence-electron chi connectivity index (χ0n) is 13.6. The Morgan fingerprint density at radius 2 is 1.83 bits per heavy atom. The lowest BCUT2D eigenvalue weighted by molar-refractivity contribution is -0.123. The van der Waals surface area contributed by atoms with Crippen LogP contribution < -0.4 is 10.1 Å². The van der Waals surface area contributed by atoms with E-state index in [0.29, 0.717) is 0 Å². The lowest BCUT2D eigenvalue weighted by Gasteiger charge is -2.21. The molecule has 1 N–H and O–H groups in total. The number of rotatable bonds is 5. The van der Waals surface area contributed by atoms with E-state index in [-0.39, 0.29) is 35.7 Å². The Morgan fingerprint density at radius 3 is 2.48 bits per heavy atom. The predicted octanol–water partition coefficient (Wildman–Crippen LogP) is 3.64. The second-order valence-electron chi connectivity index (χ2n) is 6.09. The molecule has 0 unspecified atom stereocenters. The quantitative estimate of drug-likeness (QED) is 0.843. The molecule has 1 aliphatic carbocycles. The van der Waals surface area contributed by atoms with Crippen LogP contribution in [0.4, 0.5) is 4.39 Å². The Labute approximate surface area is 136 Å². The molecule has 0 spiro atoms. The fourth-order valence-corrected chi connectivity index (χ4v) is 2.92. The van der Waals surface area contributed by atoms with Crippen molar-refractivity contribution in [2.45, 2.75) is 57.9 Å². The summed E-state index contributed by atoms with van der Waals surface area (Å²) in [5.41, 5.74) is 0.156. The maximum Gasteiger partial charge on any atom is 0.258 e. The molecule has 1 aromatic carbocycles. The van der Waals surface area contributed by atoms with E-state index < -0.39 is 5.82 Å². The number of halogens is 1. The summed E-state index contributed by atoms with van der Waals surface area (Å²) in [6.45, 7) is 1.18. The third-order valence-corrected chi connectivity index (χ3v) is 4.15. The van der Waals surface area contributed by atoms with Crippen molar-refractivity contribution in [3.63, 3.8) is 0 Å².